The van der Waals surface area contributed by atoms with Crippen molar-refractivity contribution < 1.29 is 5.11 Å². The number of para-hydroxylation sites is 1. The van der Waals surface area contributed by atoms with E-state index in [1.807, 2.05) is 28.8 Å². The van der Waals surface area contributed by atoms with Gasteiger partial charge >= 0.3 is 0 Å². The first-order valence-electron chi connectivity index (χ1n) is 8.89. The third-order valence-electron chi connectivity index (χ3n) is 4.97. The molecule has 3 aromatic rings. The average Bonchev–Trinajstić information content (AvgIpc) is 3.34. The fraction of sp³-hybridized carbons (Fsp3) is 0.350. The molecule has 136 valence electrons. The number of aryl methyl sites for hydroxylation is 1. The topological polar surface area (TPSA) is 39.6 Å². The van der Waals surface area contributed by atoms with Gasteiger partial charge in [0.05, 0.1) is 0 Å². The molecule has 1 saturated heterocycles. The number of rotatable bonds is 5. The fourth-order valence-corrected chi connectivity index (χ4v) is 5.01. The van der Waals surface area contributed by atoms with Crippen LogP contribution in [0.15, 0.2) is 47.3 Å². The van der Waals surface area contributed by atoms with Gasteiger partial charge in [0.25, 0.3) is 0 Å². The number of hydrogen-bond donors (Lipinski definition) is 1. The summed E-state index contributed by atoms with van der Waals surface area (Å²) in [5.74, 6) is 0. The summed E-state index contributed by atoms with van der Waals surface area (Å²) in [7, 11) is 0. The molecule has 2 aromatic heterocycles. The third kappa shape index (κ3) is 3.69. The van der Waals surface area contributed by atoms with Gasteiger partial charge in [0.2, 0.25) is 0 Å². The van der Waals surface area contributed by atoms with Gasteiger partial charge in [0.15, 0.2) is 0 Å². The van der Waals surface area contributed by atoms with Crippen molar-refractivity contribution in [3.05, 3.63) is 68.3 Å². The number of anilines is 1. The van der Waals surface area contributed by atoms with Gasteiger partial charge in [-0.25, -0.2) is 4.98 Å². The second kappa shape index (κ2) is 7.88. The van der Waals surface area contributed by atoms with Gasteiger partial charge in [-0.3, -0.25) is 4.90 Å². The maximum Gasteiger partial charge on any atom is 0.132 e. The molecular weight excluding hydrogens is 362 g/mol. The van der Waals surface area contributed by atoms with E-state index < -0.39 is 6.10 Å². The van der Waals surface area contributed by atoms with E-state index in [1.165, 1.54) is 21.8 Å². The summed E-state index contributed by atoms with van der Waals surface area (Å²) < 4.78 is 0. The smallest absolute Gasteiger partial charge is 0.132 e. The van der Waals surface area contributed by atoms with Crippen molar-refractivity contribution in [2.24, 2.45) is 0 Å². The van der Waals surface area contributed by atoms with Crippen LogP contribution < -0.4 is 4.90 Å². The second-order valence-electron chi connectivity index (χ2n) is 6.62. The molecule has 4 rings (SSSR count). The van der Waals surface area contributed by atoms with Crippen LogP contribution in [0, 0.1) is 6.92 Å². The minimum absolute atomic E-state index is 0.655. The molecule has 26 heavy (non-hydrogen) atoms. The van der Waals surface area contributed by atoms with E-state index in [0.717, 1.165) is 49.0 Å². The van der Waals surface area contributed by atoms with Crippen molar-refractivity contribution in [2.75, 3.05) is 31.1 Å². The van der Waals surface area contributed by atoms with Gasteiger partial charge in [-0.2, -0.15) is 0 Å². The molecule has 1 aromatic carbocycles. The summed E-state index contributed by atoms with van der Waals surface area (Å²) in [6.45, 7) is 7.27. The predicted molar refractivity (Wildman–Crippen MR) is 109 cm³/mol. The van der Waals surface area contributed by atoms with Crippen molar-refractivity contribution in [3.8, 4) is 0 Å². The zero-order valence-corrected chi connectivity index (χ0v) is 16.5. The first-order valence-corrected chi connectivity index (χ1v) is 10.6. The lowest BCUT2D eigenvalue weighted by Crippen LogP contribution is -2.46. The van der Waals surface area contributed by atoms with E-state index in [4.69, 9.17) is 0 Å². The van der Waals surface area contributed by atoms with Gasteiger partial charge in [0, 0.05) is 60.4 Å². The zero-order valence-electron chi connectivity index (χ0n) is 14.8. The lowest BCUT2D eigenvalue weighted by atomic mass is 10.1. The molecule has 0 spiro atoms. The number of aliphatic hydroxyl groups is 1. The Morgan fingerprint density at radius 3 is 2.58 bits per heavy atom. The molecule has 1 aliphatic heterocycles. The monoisotopic (exact) mass is 385 g/mol. The van der Waals surface area contributed by atoms with Crippen LogP contribution in [0.1, 0.15) is 27.1 Å². The van der Waals surface area contributed by atoms with Crippen LogP contribution in [0.25, 0.3) is 0 Å². The SMILES string of the molecule is Cc1ccsc1CN1CCN(c2ccccc2[C@H](O)c2nccs2)CC1. The van der Waals surface area contributed by atoms with Crippen molar-refractivity contribution in [2.45, 2.75) is 19.6 Å². The highest BCUT2D eigenvalue weighted by Crippen LogP contribution is 2.32. The zero-order chi connectivity index (χ0) is 17.9. The molecule has 1 N–H and O–H groups in total. The Balaban J connectivity index is 1.45. The summed E-state index contributed by atoms with van der Waals surface area (Å²) in [4.78, 5) is 10.7. The molecule has 1 atom stereocenters. The Labute approximate surface area is 162 Å². The Hall–Kier alpha value is -1.73. The van der Waals surface area contributed by atoms with Crippen LogP contribution in [0.5, 0.6) is 0 Å². The summed E-state index contributed by atoms with van der Waals surface area (Å²) in [5, 5.41) is 15.6. The van der Waals surface area contributed by atoms with E-state index in [0.29, 0.717) is 0 Å². The molecule has 0 saturated carbocycles. The Kier molecular flexibility index (Phi) is 5.36. The molecule has 0 radical (unpaired) electrons. The van der Waals surface area contributed by atoms with Crippen molar-refractivity contribution >= 4 is 28.4 Å². The normalized spacial score (nSPS) is 16.8. The van der Waals surface area contributed by atoms with Crippen molar-refractivity contribution in [1.29, 1.82) is 0 Å². The van der Waals surface area contributed by atoms with E-state index in [1.54, 1.807) is 6.20 Å². The molecule has 0 amide bonds. The molecule has 1 aliphatic rings. The van der Waals surface area contributed by atoms with Gasteiger partial charge in [0.1, 0.15) is 11.1 Å². The molecule has 6 heteroatoms. The molecule has 1 fully saturated rings. The first kappa shape index (κ1) is 17.7. The molecule has 4 nitrogen and oxygen atoms in total. The maximum atomic E-state index is 10.8. The molecule has 3 heterocycles. The Morgan fingerprint density at radius 1 is 1.08 bits per heavy atom. The largest absolute Gasteiger partial charge is 0.381 e. The summed E-state index contributed by atoms with van der Waals surface area (Å²) >= 11 is 3.35. The number of thiophene rings is 1. The average molecular weight is 386 g/mol. The third-order valence-corrected chi connectivity index (χ3v) is 6.80. The number of aliphatic hydroxyl groups excluding tert-OH is 1. The van der Waals surface area contributed by atoms with E-state index >= 15 is 0 Å². The van der Waals surface area contributed by atoms with Crippen LogP contribution >= 0.6 is 22.7 Å². The maximum absolute atomic E-state index is 10.8. The van der Waals surface area contributed by atoms with Gasteiger partial charge in [-0.05, 0) is 30.0 Å². The minimum Gasteiger partial charge on any atom is -0.381 e. The van der Waals surface area contributed by atoms with Crippen LogP contribution in [-0.2, 0) is 6.54 Å². The van der Waals surface area contributed by atoms with Crippen LogP contribution in [0.4, 0.5) is 5.69 Å². The lowest BCUT2D eigenvalue weighted by molar-refractivity contribution is 0.218. The van der Waals surface area contributed by atoms with Crippen molar-refractivity contribution in [1.82, 2.24) is 9.88 Å². The van der Waals surface area contributed by atoms with Gasteiger partial charge in [-0.15, -0.1) is 22.7 Å². The molecule has 0 unspecified atom stereocenters. The predicted octanol–water partition coefficient (Wildman–Crippen LogP) is 3.92. The Bertz CT molecular complexity index is 838. The van der Waals surface area contributed by atoms with E-state index in [-0.39, 0.29) is 0 Å². The molecular formula is C20H23N3OS2. The first-order chi connectivity index (χ1) is 12.7. The fourth-order valence-electron chi connectivity index (χ4n) is 3.43. The minimum atomic E-state index is -0.655. The Morgan fingerprint density at radius 2 is 1.88 bits per heavy atom. The number of hydrogen-bond acceptors (Lipinski definition) is 6. The highest BCUT2D eigenvalue weighted by molar-refractivity contribution is 7.10. The standard InChI is InChI=1S/C20H23N3OS2/c1-15-6-12-25-18(15)14-22-8-10-23(11-9-22)17-5-3-2-4-16(17)19(24)20-21-7-13-26-20/h2-7,12-13,19,24H,8-11,14H2,1H3/t19-/m0/s1. The highest BCUT2D eigenvalue weighted by atomic mass is 32.1. The molecule has 0 aliphatic carbocycles. The quantitative estimate of drug-likeness (QED) is 0.723. The van der Waals surface area contributed by atoms with Crippen LogP contribution in [0.2, 0.25) is 0 Å². The van der Waals surface area contributed by atoms with E-state index in [2.05, 4.69) is 45.3 Å². The number of nitrogens with zero attached hydrogens (tertiary/aromatic N) is 3. The summed E-state index contributed by atoms with van der Waals surface area (Å²) in [6, 6.07) is 10.4. The number of piperazine rings is 1. The number of benzene rings is 1. The summed E-state index contributed by atoms with van der Waals surface area (Å²) in [6.07, 6.45) is 1.09. The number of thiazole rings is 1. The van der Waals surface area contributed by atoms with E-state index in [9.17, 15) is 5.11 Å². The van der Waals surface area contributed by atoms with Crippen LogP contribution in [0.3, 0.4) is 0 Å². The summed E-state index contributed by atoms with van der Waals surface area (Å²) in [5.41, 5.74) is 3.47. The highest BCUT2D eigenvalue weighted by Gasteiger charge is 2.23. The van der Waals surface area contributed by atoms with Crippen LogP contribution in [-0.4, -0.2) is 41.2 Å². The number of aromatic nitrogens is 1. The van der Waals surface area contributed by atoms with Crippen molar-refractivity contribution in [3.63, 3.8) is 0 Å². The molecule has 0 bridgehead atoms. The van der Waals surface area contributed by atoms with Gasteiger partial charge in [-0.1, -0.05) is 18.2 Å². The van der Waals surface area contributed by atoms with Gasteiger partial charge < -0.3 is 10.0 Å². The lowest BCUT2D eigenvalue weighted by Gasteiger charge is -2.37. The second-order valence-corrected chi connectivity index (χ2v) is 8.55.